The summed E-state index contributed by atoms with van der Waals surface area (Å²) in [5, 5.41) is 5.50. The highest BCUT2D eigenvalue weighted by atomic mass is 35.5. The number of sulfonamides is 1. The van der Waals surface area contributed by atoms with E-state index in [4.69, 9.17) is 11.6 Å². The molecule has 1 fully saturated rings. The summed E-state index contributed by atoms with van der Waals surface area (Å²) in [5.41, 5.74) is 0.0992. The number of carbonyl (C=O) groups excluding carboxylic acids is 2. The number of rotatable bonds is 7. The average Bonchev–Trinajstić information content (AvgIpc) is 3.13. The highest BCUT2D eigenvalue weighted by Gasteiger charge is 2.28. The fraction of sp³-hybridized carbons (Fsp3) is 0.529. The van der Waals surface area contributed by atoms with Crippen LogP contribution in [0.3, 0.4) is 0 Å². The molecule has 0 saturated carbocycles. The Kier molecular flexibility index (Phi) is 7.02. The highest BCUT2D eigenvalue weighted by Crippen LogP contribution is 2.25. The summed E-state index contributed by atoms with van der Waals surface area (Å²) in [7, 11) is -3.62. The summed E-state index contributed by atoms with van der Waals surface area (Å²) in [6.07, 6.45) is 1.67. The molecule has 0 bridgehead atoms. The third-order valence-corrected chi connectivity index (χ3v) is 6.34. The Morgan fingerprint density at radius 1 is 1.15 bits per heavy atom. The fourth-order valence-corrected chi connectivity index (χ4v) is 4.32. The highest BCUT2D eigenvalue weighted by molar-refractivity contribution is 7.89. The van der Waals surface area contributed by atoms with Gasteiger partial charge in [0.15, 0.2) is 0 Å². The predicted octanol–water partition coefficient (Wildman–Crippen LogP) is 1.63. The maximum atomic E-state index is 12.6. The summed E-state index contributed by atoms with van der Waals surface area (Å²) in [6, 6.07) is 4.13. The van der Waals surface area contributed by atoms with Crippen molar-refractivity contribution in [3.8, 4) is 0 Å². The van der Waals surface area contributed by atoms with Crippen LogP contribution in [0.4, 0.5) is 0 Å². The molecule has 1 aromatic rings. The van der Waals surface area contributed by atoms with E-state index in [1.54, 1.807) is 13.8 Å². The van der Waals surface area contributed by atoms with Crippen molar-refractivity contribution in [2.24, 2.45) is 5.92 Å². The number of halogens is 1. The Morgan fingerprint density at radius 2 is 1.77 bits per heavy atom. The van der Waals surface area contributed by atoms with Crippen LogP contribution >= 0.6 is 11.6 Å². The van der Waals surface area contributed by atoms with Crippen LogP contribution in [0.2, 0.25) is 5.02 Å². The molecule has 2 N–H and O–H groups in total. The van der Waals surface area contributed by atoms with E-state index in [-0.39, 0.29) is 40.4 Å². The van der Waals surface area contributed by atoms with Crippen LogP contribution in [0.5, 0.6) is 0 Å². The molecule has 1 heterocycles. The molecule has 1 aliphatic heterocycles. The van der Waals surface area contributed by atoms with Gasteiger partial charge in [0.25, 0.3) is 5.91 Å². The van der Waals surface area contributed by atoms with Gasteiger partial charge in [-0.2, -0.15) is 4.31 Å². The lowest BCUT2D eigenvalue weighted by Crippen LogP contribution is -2.36. The van der Waals surface area contributed by atoms with Crippen molar-refractivity contribution < 1.29 is 18.0 Å². The molecule has 7 nitrogen and oxygen atoms in total. The molecular weight excluding hydrogens is 378 g/mol. The van der Waals surface area contributed by atoms with E-state index in [2.05, 4.69) is 10.6 Å². The van der Waals surface area contributed by atoms with Gasteiger partial charge >= 0.3 is 0 Å². The van der Waals surface area contributed by atoms with E-state index >= 15 is 0 Å². The predicted molar refractivity (Wildman–Crippen MR) is 99.6 cm³/mol. The number of hydrogen-bond acceptors (Lipinski definition) is 4. The van der Waals surface area contributed by atoms with Gasteiger partial charge in [0, 0.05) is 32.1 Å². The zero-order chi connectivity index (χ0) is 19.3. The molecule has 26 heavy (non-hydrogen) atoms. The molecule has 0 unspecified atom stereocenters. The third kappa shape index (κ3) is 4.96. The second-order valence-corrected chi connectivity index (χ2v) is 8.80. The Balaban J connectivity index is 2.04. The first kappa shape index (κ1) is 20.7. The quantitative estimate of drug-likeness (QED) is 0.679. The first-order chi connectivity index (χ1) is 12.2. The van der Waals surface area contributed by atoms with Gasteiger partial charge in [0.2, 0.25) is 15.9 Å². The molecule has 0 spiro atoms. The lowest BCUT2D eigenvalue weighted by atomic mass is 10.2. The number of amides is 2. The van der Waals surface area contributed by atoms with Crippen molar-refractivity contribution in [3.05, 3.63) is 28.8 Å². The Labute approximate surface area is 159 Å². The molecule has 9 heteroatoms. The maximum absolute atomic E-state index is 12.6. The number of nitrogens with one attached hydrogen (secondary N) is 2. The molecule has 144 valence electrons. The molecular formula is C17H24ClN3O4S. The zero-order valence-electron chi connectivity index (χ0n) is 14.9. The molecule has 1 aromatic carbocycles. The van der Waals surface area contributed by atoms with Crippen molar-refractivity contribution >= 4 is 33.4 Å². The van der Waals surface area contributed by atoms with E-state index < -0.39 is 15.9 Å². The minimum Gasteiger partial charge on any atom is -0.354 e. The molecule has 0 atom stereocenters. The lowest BCUT2D eigenvalue weighted by molar-refractivity contribution is -0.123. The van der Waals surface area contributed by atoms with Crippen LogP contribution in [0.25, 0.3) is 0 Å². The van der Waals surface area contributed by atoms with Gasteiger partial charge < -0.3 is 10.6 Å². The Hall–Kier alpha value is -1.64. The molecule has 1 saturated heterocycles. The van der Waals surface area contributed by atoms with E-state index in [1.807, 2.05) is 0 Å². The van der Waals surface area contributed by atoms with Crippen LogP contribution in [-0.4, -0.2) is 50.7 Å². The lowest BCUT2D eigenvalue weighted by Gasteiger charge is -2.16. The molecule has 1 aliphatic rings. The summed E-state index contributed by atoms with van der Waals surface area (Å²) < 4.78 is 26.7. The van der Waals surface area contributed by atoms with Crippen LogP contribution in [-0.2, 0) is 14.8 Å². The van der Waals surface area contributed by atoms with E-state index in [0.717, 1.165) is 12.8 Å². The first-order valence-corrected chi connectivity index (χ1v) is 10.4. The van der Waals surface area contributed by atoms with Crippen molar-refractivity contribution in [2.45, 2.75) is 31.6 Å². The van der Waals surface area contributed by atoms with Gasteiger partial charge in [-0.15, -0.1) is 0 Å². The van der Waals surface area contributed by atoms with Crippen LogP contribution < -0.4 is 10.6 Å². The van der Waals surface area contributed by atoms with Gasteiger partial charge in [-0.25, -0.2) is 8.42 Å². The van der Waals surface area contributed by atoms with Gasteiger partial charge in [-0.05, 0) is 31.0 Å². The normalized spacial score (nSPS) is 15.2. The number of nitrogens with zero attached hydrogens (tertiary/aromatic N) is 1. The monoisotopic (exact) mass is 401 g/mol. The van der Waals surface area contributed by atoms with E-state index in [9.17, 15) is 18.0 Å². The smallest absolute Gasteiger partial charge is 0.252 e. The minimum atomic E-state index is -3.62. The molecule has 2 amide bonds. The summed E-state index contributed by atoms with van der Waals surface area (Å²) >= 11 is 6.07. The largest absolute Gasteiger partial charge is 0.354 e. The number of benzene rings is 1. The van der Waals surface area contributed by atoms with Crippen LogP contribution in [0.1, 0.15) is 37.0 Å². The maximum Gasteiger partial charge on any atom is 0.252 e. The Bertz CT molecular complexity index is 774. The summed E-state index contributed by atoms with van der Waals surface area (Å²) in [4.78, 5) is 23.9. The molecule has 0 aromatic heterocycles. The minimum absolute atomic E-state index is 0.0575. The fourth-order valence-electron chi connectivity index (χ4n) is 2.58. The van der Waals surface area contributed by atoms with Crippen molar-refractivity contribution in [1.29, 1.82) is 0 Å². The van der Waals surface area contributed by atoms with Gasteiger partial charge in [-0.3, -0.25) is 9.59 Å². The summed E-state index contributed by atoms with van der Waals surface area (Å²) in [6.45, 7) is 5.03. The molecule has 0 aliphatic carbocycles. The number of carbonyl (C=O) groups is 2. The van der Waals surface area contributed by atoms with Crippen molar-refractivity contribution in [2.75, 3.05) is 26.2 Å². The average molecular weight is 402 g/mol. The van der Waals surface area contributed by atoms with E-state index in [0.29, 0.717) is 13.1 Å². The molecule has 2 rings (SSSR count). The third-order valence-electron chi connectivity index (χ3n) is 4.12. The standard InChI is InChI=1S/C17H24ClN3O4S/c1-12(2)16(22)19-7-8-20-17(23)14-11-13(5-6-15(14)18)26(24,25)21-9-3-4-10-21/h5-6,11-12H,3-4,7-10H2,1-2H3,(H,19,22)(H,20,23). The van der Waals surface area contributed by atoms with Crippen molar-refractivity contribution in [3.63, 3.8) is 0 Å². The van der Waals surface area contributed by atoms with Gasteiger partial charge in [0.1, 0.15) is 0 Å². The zero-order valence-corrected chi connectivity index (χ0v) is 16.5. The summed E-state index contributed by atoms with van der Waals surface area (Å²) in [5.74, 6) is -0.712. The number of hydrogen-bond donors (Lipinski definition) is 2. The van der Waals surface area contributed by atoms with Gasteiger partial charge in [0.05, 0.1) is 15.5 Å². The Morgan fingerprint density at radius 3 is 2.38 bits per heavy atom. The second-order valence-electron chi connectivity index (χ2n) is 6.45. The first-order valence-electron chi connectivity index (χ1n) is 8.59. The topological polar surface area (TPSA) is 95.6 Å². The van der Waals surface area contributed by atoms with Crippen molar-refractivity contribution in [1.82, 2.24) is 14.9 Å². The van der Waals surface area contributed by atoms with Crippen LogP contribution in [0.15, 0.2) is 23.1 Å². The van der Waals surface area contributed by atoms with Gasteiger partial charge in [-0.1, -0.05) is 25.4 Å². The second kappa shape index (κ2) is 8.83. The SMILES string of the molecule is CC(C)C(=O)NCCNC(=O)c1cc(S(=O)(=O)N2CCCC2)ccc1Cl. The van der Waals surface area contributed by atoms with Crippen LogP contribution in [0, 0.1) is 5.92 Å². The van der Waals surface area contributed by atoms with E-state index in [1.165, 1.54) is 22.5 Å². The molecule has 0 radical (unpaired) electrons.